The molecule has 0 amide bonds. The molecule has 2 aromatic rings. The van der Waals surface area contributed by atoms with Gasteiger partial charge in [0.05, 0.1) is 6.42 Å². The van der Waals surface area contributed by atoms with Crippen molar-refractivity contribution < 1.29 is 19.0 Å². The van der Waals surface area contributed by atoms with Gasteiger partial charge in [0.1, 0.15) is 5.75 Å². The maximum Gasteiger partial charge on any atom is 0.312 e. The third-order valence-corrected chi connectivity index (χ3v) is 4.64. The maximum absolute atomic E-state index is 12.0. The topological polar surface area (TPSA) is 44.8 Å². The summed E-state index contributed by atoms with van der Waals surface area (Å²) in [5.74, 6) is 1.91. The van der Waals surface area contributed by atoms with Crippen LogP contribution in [0.4, 0.5) is 0 Å². The molecule has 0 N–H and O–H groups in total. The second-order valence-corrected chi connectivity index (χ2v) is 7.35. The number of hydrogen-bond acceptors (Lipinski definition) is 4. The van der Waals surface area contributed by atoms with Crippen LogP contribution in [0.3, 0.4) is 0 Å². The summed E-state index contributed by atoms with van der Waals surface area (Å²) < 4.78 is 16.3. The van der Waals surface area contributed by atoms with E-state index >= 15 is 0 Å². The minimum absolute atomic E-state index is 0.0296. The number of ether oxygens (including phenoxy) is 3. The van der Waals surface area contributed by atoms with Gasteiger partial charge in [0.15, 0.2) is 11.5 Å². The summed E-state index contributed by atoms with van der Waals surface area (Å²) in [6, 6.07) is 12.0. The molecule has 0 fully saturated rings. The average Bonchev–Trinajstić information content (AvgIpc) is 3.00. The molecule has 0 unspecified atom stereocenters. The molecule has 0 saturated carbocycles. The Morgan fingerprint density at radius 2 is 1.71 bits per heavy atom. The standard InChI is InChI=1S/C20H20O4/c1-20(2,3)13-5-7-16-15(9-13)14(10-19(21)24-16)12-4-6-17-18(8-12)23-11-22-17/h4-9,14H,10-11H2,1-3H3/t14-/m0/s1. The Labute approximate surface area is 141 Å². The van der Waals surface area contributed by atoms with Gasteiger partial charge in [0.2, 0.25) is 6.79 Å². The lowest BCUT2D eigenvalue weighted by molar-refractivity contribution is -0.135. The van der Waals surface area contributed by atoms with Gasteiger partial charge in [-0.3, -0.25) is 4.79 Å². The van der Waals surface area contributed by atoms with Crippen molar-refractivity contribution in [2.75, 3.05) is 6.79 Å². The summed E-state index contributed by atoms with van der Waals surface area (Å²) in [6.07, 6.45) is 0.334. The monoisotopic (exact) mass is 324 g/mol. The fourth-order valence-corrected chi connectivity index (χ4v) is 3.25. The van der Waals surface area contributed by atoms with E-state index in [0.717, 1.165) is 22.6 Å². The van der Waals surface area contributed by atoms with Gasteiger partial charge in [-0.1, -0.05) is 39.0 Å². The van der Waals surface area contributed by atoms with Crippen LogP contribution < -0.4 is 14.2 Å². The van der Waals surface area contributed by atoms with E-state index in [1.165, 1.54) is 5.56 Å². The molecule has 2 aliphatic heterocycles. The Bertz CT molecular complexity index is 817. The van der Waals surface area contributed by atoms with Gasteiger partial charge in [-0.2, -0.15) is 0 Å². The summed E-state index contributed by atoms with van der Waals surface area (Å²) in [5.41, 5.74) is 3.37. The minimum atomic E-state index is -0.200. The van der Waals surface area contributed by atoms with Crippen LogP contribution in [0.5, 0.6) is 17.2 Å². The predicted molar refractivity (Wildman–Crippen MR) is 89.8 cm³/mol. The molecule has 0 aromatic heterocycles. The van der Waals surface area contributed by atoms with Gasteiger partial charge >= 0.3 is 5.97 Å². The van der Waals surface area contributed by atoms with Gasteiger partial charge in [-0.25, -0.2) is 0 Å². The molecule has 24 heavy (non-hydrogen) atoms. The van der Waals surface area contributed by atoms with Crippen molar-refractivity contribution >= 4 is 5.97 Å². The molecule has 0 spiro atoms. The zero-order valence-electron chi connectivity index (χ0n) is 14.1. The fourth-order valence-electron chi connectivity index (χ4n) is 3.25. The first kappa shape index (κ1) is 15.1. The van der Waals surface area contributed by atoms with Crippen molar-refractivity contribution in [1.82, 2.24) is 0 Å². The first-order valence-electron chi connectivity index (χ1n) is 8.16. The Kier molecular flexibility index (Phi) is 3.30. The van der Waals surface area contributed by atoms with Crippen LogP contribution in [-0.4, -0.2) is 12.8 Å². The van der Waals surface area contributed by atoms with Crippen LogP contribution in [0.2, 0.25) is 0 Å². The van der Waals surface area contributed by atoms with Crippen LogP contribution in [0.15, 0.2) is 36.4 Å². The highest BCUT2D eigenvalue weighted by molar-refractivity contribution is 5.78. The van der Waals surface area contributed by atoms with E-state index in [9.17, 15) is 4.79 Å². The van der Waals surface area contributed by atoms with Crippen LogP contribution in [0.25, 0.3) is 0 Å². The lowest BCUT2D eigenvalue weighted by Gasteiger charge is -2.28. The first-order chi connectivity index (χ1) is 11.4. The van der Waals surface area contributed by atoms with Crippen LogP contribution in [0.1, 0.15) is 49.8 Å². The molecule has 2 aromatic carbocycles. The molecule has 2 aliphatic rings. The molecule has 4 heteroatoms. The number of carbonyl (C=O) groups is 1. The van der Waals surface area contributed by atoms with Crippen LogP contribution >= 0.6 is 0 Å². The Morgan fingerprint density at radius 3 is 2.50 bits per heavy atom. The number of esters is 1. The minimum Gasteiger partial charge on any atom is -0.454 e. The predicted octanol–water partition coefficient (Wildman–Crippen LogP) is 4.15. The van der Waals surface area contributed by atoms with Gasteiger partial charge in [-0.15, -0.1) is 0 Å². The SMILES string of the molecule is CC(C)(C)c1ccc2c(c1)[C@H](c1ccc3c(c1)OCO3)CC(=O)O2. The van der Waals surface area contributed by atoms with Gasteiger partial charge in [0, 0.05) is 11.5 Å². The number of rotatable bonds is 1. The van der Waals surface area contributed by atoms with Crippen molar-refractivity contribution in [3.8, 4) is 17.2 Å². The Morgan fingerprint density at radius 1 is 0.958 bits per heavy atom. The zero-order valence-corrected chi connectivity index (χ0v) is 14.1. The van der Waals surface area contributed by atoms with Crippen molar-refractivity contribution in [2.45, 2.75) is 38.5 Å². The van der Waals surface area contributed by atoms with E-state index in [1.807, 2.05) is 30.3 Å². The van der Waals surface area contributed by atoms with Gasteiger partial charge in [0.25, 0.3) is 0 Å². The summed E-state index contributed by atoms with van der Waals surface area (Å²) in [7, 11) is 0. The lowest BCUT2D eigenvalue weighted by atomic mass is 9.81. The molecule has 0 bridgehead atoms. The highest BCUT2D eigenvalue weighted by atomic mass is 16.7. The quantitative estimate of drug-likeness (QED) is 0.584. The molecule has 4 nitrogen and oxygen atoms in total. The normalized spacial score (nSPS) is 19.0. The van der Waals surface area contributed by atoms with Crippen molar-refractivity contribution in [3.05, 3.63) is 53.1 Å². The largest absolute Gasteiger partial charge is 0.454 e. The van der Waals surface area contributed by atoms with Crippen molar-refractivity contribution in [3.63, 3.8) is 0 Å². The number of fused-ring (bicyclic) bond motifs is 2. The molecule has 2 heterocycles. The second-order valence-electron chi connectivity index (χ2n) is 7.35. The third kappa shape index (κ3) is 2.52. The van der Waals surface area contributed by atoms with E-state index in [0.29, 0.717) is 12.2 Å². The highest BCUT2D eigenvalue weighted by Crippen LogP contribution is 2.43. The average molecular weight is 324 g/mol. The fraction of sp³-hybridized carbons (Fsp3) is 0.350. The van der Waals surface area contributed by atoms with Crippen LogP contribution in [-0.2, 0) is 10.2 Å². The molecule has 124 valence electrons. The van der Waals surface area contributed by atoms with E-state index in [1.54, 1.807) is 0 Å². The summed E-state index contributed by atoms with van der Waals surface area (Å²) >= 11 is 0. The maximum atomic E-state index is 12.0. The van der Waals surface area contributed by atoms with E-state index in [-0.39, 0.29) is 24.1 Å². The van der Waals surface area contributed by atoms with E-state index in [2.05, 4.69) is 26.8 Å². The van der Waals surface area contributed by atoms with Crippen molar-refractivity contribution in [2.24, 2.45) is 0 Å². The van der Waals surface area contributed by atoms with Gasteiger partial charge in [-0.05, 0) is 34.7 Å². The molecule has 0 radical (unpaired) electrons. The first-order valence-corrected chi connectivity index (χ1v) is 8.16. The summed E-state index contributed by atoms with van der Waals surface area (Å²) in [5, 5.41) is 0. The lowest BCUT2D eigenvalue weighted by Crippen LogP contribution is -2.22. The van der Waals surface area contributed by atoms with Crippen LogP contribution in [0, 0.1) is 0 Å². The van der Waals surface area contributed by atoms with Gasteiger partial charge < -0.3 is 14.2 Å². The molecular formula is C20H20O4. The molecule has 0 aliphatic carbocycles. The second kappa shape index (κ2) is 5.26. The number of hydrogen-bond donors (Lipinski definition) is 0. The Balaban J connectivity index is 1.81. The molecule has 4 rings (SSSR count). The third-order valence-electron chi connectivity index (χ3n) is 4.64. The summed E-state index contributed by atoms with van der Waals surface area (Å²) in [4.78, 5) is 12.0. The highest BCUT2D eigenvalue weighted by Gasteiger charge is 2.31. The Hall–Kier alpha value is -2.49. The molecule has 0 saturated heterocycles. The summed E-state index contributed by atoms with van der Waals surface area (Å²) in [6.45, 7) is 6.79. The van der Waals surface area contributed by atoms with Crippen molar-refractivity contribution in [1.29, 1.82) is 0 Å². The molecule has 1 atom stereocenters. The number of carbonyl (C=O) groups excluding carboxylic acids is 1. The van der Waals surface area contributed by atoms with E-state index in [4.69, 9.17) is 14.2 Å². The molecular weight excluding hydrogens is 304 g/mol. The zero-order chi connectivity index (χ0) is 16.9. The smallest absolute Gasteiger partial charge is 0.312 e. The number of benzene rings is 2. The van der Waals surface area contributed by atoms with E-state index < -0.39 is 0 Å².